The Labute approximate surface area is 207 Å². The van der Waals surface area contributed by atoms with Gasteiger partial charge in [-0.25, -0.2) is 14.8 Å². The number of hydrogen-bond acceptors (Lipinski definition) is 5. The van der Waals surface area contributed by atoms with Crippen molar-refractivity contribution in [2.45, 2.75) is 43.3 Å². The van der Waals surface area contributed by atoms with Crippen molar-refractivity contribution in [1.29, 1.82) is 0 Å². The number of nitrogens with one attached hydrogen (secondary N) is 1. The molecule has 0 bridgehead atoms. The third kappa shape index (κ3) is 4.48. The molecule has 3 aromatic rings. The molecule has 35 heavy (non-hydrogen) atoms. The standard InChI is InChI=1S/C28H34N6O/c1-32(2)28(23-12-8-5-9-13-23)16-14-27(15-17-28)21-34(26(35)31-27)24-18-29-25(30-19-24)33(3)20-22-10-6-4-7-11-22/h4-13,18-19H,14-17,20-21H2,1-3H3,(H,31,35)/t27-,28-. The summed E-state index contributed by atoms with van der Waals surface area (Å²) in [5.41, 5.74) is 3.07. The van der Waals surface area contributed by atoms with Crippen LogP contribution in [0.2, 0.25) is 0 Å². The first-order chi connectivity index (χ1) is 16.9. The average molecular weight is 471 g/mol. The molecule has 0 radical (unpaired) electrons. The van der Waals surface area contributed by atoms with Crippen molar-refractivity contribution in [2.24, 2.45) is 0 Å². The van der Waals surface area contributed by atoms with Gasteiger partial charge in [-0.1, -0.05) is 60.7 Å². The molecule has 2 aliphatic rings. The summed E-state index contributed by atoms with van der Waals surface area (Å²) in [6.07, 6.45) is 7.39. The number of amides is 2. The van der Waals surface area contributed by atoms with Crippen LogP contribution in [-0.2, 0) is 12.1 Å². The predicted molar refractivity (Wildman–Crippen MR) is 139 cm³/mol. The molecule has 5 rings (SSSR count). The molecule has 0 atom stereocenters. The van der Waals surface area contributed by atoms with Crippen molar-refractivity contribution >= 4 is 17.7 Å². The Morgan fingerprint density at radius 1 is 0.886 bits per heavy atom. The second kappa shape index (κ2) is 9.30. The summed E-state index contributed by atoms with van der Waals surface area (Å²) >= 11 is 0. The number of aromatic nitrogens is 2. The molecular weight excluding hydrogens is 436 g/mol. The van der Waals surface area contributed by atoms with Gasteiger partial charge in [-0.05, 0) is 50.9 Å². The topological polar surface area (TPSA) is 64.6 Å². The van der Waals surface area contributed by atoms with Gasteiger partial charge in [0.1, 0.15) is 0 Å². The smallest absolute Gasteiger partial charge is 0.322 e. The highest BCUT2D eigenvalue weighted by Crippen LogP contribution is 2.46. The molecule has 1 aromatic heterocycles. The van der Waals surface area contributed by atoms with Crippen LogP contribution in [0.25, 0.3) is 0 Å². The first-order valence-corrected chi connectivity index (χ1v) is 12.3. The van der Waals surface area contributed by atoms with E-state index < -0.39 is 0 Å². The zero-order valence-corrected chi connectivity index (χ0v) is 20.8. The number of urea groups is 1. The molecule has 1 N–H and O–H groups in total. The highest BCUT2D eigenvalue weighted by atomic mass is 16.2. The van der Waals surface area contributed by atoms with E-state index in [-0.39, 0.29) is 17.1 Å². The van der Waals surface area contributed by atoms with Crippen LogP contribution in [0.4, 0.5) is 16.4 Å². The molecule has 1 aliphatic carbocycles. The van der Waals surface area contributed by atoms with Gasteiger partial charge >= 0.3 is 6.03 Å². The Bertz CT molecular complexity index is 1140. The molecule has 1 spiro atoms. The van der Waals surface area contributed by atoms with Gasteiger partial charge in [-0.3, -0.25) is 9.80 Å². The summed E-state index contributed by atoms with van der Waals surface area (Å²) in [6, 6.07) is 20.9. The van der Waals surface area contributed by atoms with Gasteiger partial charge in [0.15, 0.2) is 0 Å². The van der Waals surface area contributed by atoms with E-state index >= 15 is 0 Å². The molecule has 7 heteroatoms. The quantitative estimate of drug-likeness (QED) is 0.578. The Morgan fingerprint density at radius 2 is 1.49 bits per heavy atom. The molecule has 1 saturated heterocycles. The zero-order chi connectivity index (χ0) is 24.5. The molecule has 2 aromatic carbocycles. The minimum atomic E-state index is -0.214. The lowest BCUT2D eigenvalue weighted by molar-refractivity contribution is 0.0658. The van der Waals surface area contributed by atoms with Crippen molar-refractivity contribution in [2.75, 3.05) is 37.5 Å². The van der Waals surface area contributed by atoms with E-state index in [1.807, 2.05) is 30.1 Å². The third-order valence-corrected chi connectivity index (χ3v) is 7.82. The lowest BCUT2D eigenvalue weighted by Crippen LogP contribution is -2.54. The molecule has 2 fully saturated rings. The van der Waals surface area contributed by atoms with Gasteiger partial charge < -0.3 is 10.2 Å². The Balaban J connectivity index is 1.27. The molecule has 1 aliphatic heterocycles. The van der Waals surface area contributed by atoms with Crippen LogP contribution in [0.5, 0.6) is 0 Å². The summed E-state index contributed by atoms with van der Waals surface area (Å²) in [5, 5.41) is 3.32. The number of anilines is 2. The maximum atomic E-state index is 13.0. The molecule has 182 valence electrons. The average Bonchev–Trinajstić information content (AvgIpc) is 3.21. The largest absolute Gasteiger partial charge is 0.340 e. The van der Waals surface area contributed by atoms with Gasteiger partial charge in [0.25, 0.3) is 0 Å². The van der Waals surface area contributed by atoms with E-state index in [1.54, 1.807) is 17.3 Å². The van der Waals surface area contributed by atoms with Crippen LogP contribution in [0.3, 0.4) is 0 Å². The van der Waals surface area contributed by atoms with Gasteiger partial charge in [-0.15, -0.1) is 0 Å². The highest BCUT2D eigenvalue weighted by Gasteiger charge is 2.50. The Kier molecular flexibility index (Phi) is 6.19. The van der Waals surface area contributed by atoms with E-state index in [0.717, 1.165) is 37.9 Å². The SMILES string of the molecule is CN(Cc1ccccc1)c1ncc(N2C[C@]3(CC[C@@](c4ccccc4)(N(C)C)CC3)NC2=O)cn1. The summed E-state index contributed by atoms with van der Waals surface area (Å²) in [5.74, 6) is 0.642. The van der Waals surface area contributed by atoms with Crippen LogP contribution < -0.4 is 15.1 Å². The fraction of sp³-hybridized carbons (Fsp3) is 0.393. The summed E-state index contributed by atoms with van der Waals surface area (Å²) in [6.45, 7) is 1.37. The number of hydrogen-bond donors (Lipinski definition) is 1. The second-order valence-electron chi connectivity index (χ2n) is 10.2. The number of nitrogens with zero attached hydrogens (tertiary/aromatic N) is 5. The summed E-state index contributed by atoms with van der Waals surface area (Å²) in [4.78, 5) is 28.3. The fourth-order valence-corrected chi connectivity index (χ4v) is 5.66. The van der Waals surface area contributed by atoms with E-state index in [0.29, 0.717) is 12.5 Å². The third-order valence-electron chi connectivity index (χ3n) is 7.82. The minimum absolute atomic E-state index is 0.00124. The van der Waals surface area contributed by atoms with E-state index in [4.69, 9.17) is 0 Å². The highest BCUT2D eigenvalue weighted by molar-refractivity contribution is 5.95. The van der Waals surface area contributed by atoms with E-state index in [1.165, 1.54) is 11.1 Å². The van der Waals surface area contributed by atoms with Crippen LogP contribution in [0.1, 0.15) is 36.8 Å². The molecule has 2 amide bonds. The van der Waals surface area contributed by atoms with Gasteiger partial charge in [-0.2, -0.15) is 0 Å². The maximum absolute atomic E-state index is 13.0. The van der Waals surface area contributed by atoms with Crippen LogP contribution in [0.15, 0.2) is 73.1 Å². The van der Waals surface area contributed by atoms with Crippen molar-refractivity contribution in [3.63, 3.8) is 0 Å². The van der Waals surface area contributed by atoms with E-state index in [9.17, 15) is 4.79 Å². The normalized spacial score (nSPS) is 24.1. The van der Waals surface area contributed by atoms with Crippen molar-refractivity contribution in [1.82, 2.24) is 20.2 Å². The Morgan fingerprint density at radius 3 is 2.09 bits per heavy atom. The monoisotopic (exact) mass is 470 g/mol. The molecular formula is C28H34N6O. The molecule has 0 unspecified atom stereocenters. The lowest BCUT2D eigenvalue weighted by atomic mass is 9.69. The summed E-state index contributed by atoms with van der Waals surface area (Å²) in [7, 11) is 6.31. The first kappa shape index (κ1) is 23.3. The number of benzene rings is 2. The van der Waals surface area contributed by atoms with Crippen molar-refractivity contribution in [3.05, 3.63) is 84.2 Å². The maximum Gasteiger partial charge on any atom is 0.322 e. The van der Waals surface area contributed by atoms with E-state index in [2.05, 4.69) is 76.7 Å². The van der Waals surface area contributed by atoms with Crippen molar-refractivity contribution in [3.8, 4) is 0 Å². The summed E-state index contributed by atoms with van der Waals surface area (Å²) < 4.78 is 0. The van der Waals surface area contributed by atoms with Crippen LogP contribution in [0, 0.1) is 0 Å². The second-order valence-corrected chi connectivity index (χ2v) is 10.2. The van der Waals surface area contributed by atoms with Gasteiger partial charge in [0, 0.05) is 19.1 Å². The zero-order valence-electron chi connectivity index (χ0n) is 20.8. The number of carbonyl (C=O) groups is 1. The van der Waals surface area contributed by atoms with Crippen LogP contribution >= 0.6 is 0 Å². The van der Waals surface area contributed by atoms with Gasteiger partial charge in [0.05, 0.1) is 30.2 Å². The fourth-order valence-electron chi connectivity index (χ4n) is 5.66. The number of carbonyl (C=O) groups excluding carboxylic acids is 1. The lowest BCUT2D eigenvalue weighted by Gasteiger charge is -2.48. The van der Waals surface area contributed by atoms with Crippen molar-refractivity contribution < 1.29 is 4.79 Å². The van der Waals surface area contributed by atoms with Gasteiger partial charge in [0.2, 0.25) is 5.95 Å². The Hall–Kier alpha value is -3.45. The molecule has 2 heterocycles. The predicted octanol–water partition coefficient (Wildman–Crippen LogP) is 4.41. The first-order valence-electron chi connectivity index (χ1n) is 12.3. The molecule has 7 nitrogen and oxygen atoms in total. The van der Waals surface area contributed by atoms with Crippen LogP contribution in [-0.4, -0.2) is 54.1 Å². The minimum Gasteiger partial charge on any atom is -0.340 e. The number of rotatable bonds is 6. The molecule has 1 saturated carbocycles.